The van der Waals surface area contributed by atoms with Crippen LogP contribution in [0.3, 0.4) is 0 Å². The molecule has 0 radical (unpaired) electrons. The van der Waals surface area contributed by atoms with E-state index in [-0.39, 0.29) is 11.9 Å². The molecular weight excluding hydrogens is 260 g/mol. The van der Waals surface area contributed by atoms with E-state index >= 15 is 0 Å². The molecule has 2 aliphatic rings. The van der Waals surface area contributed by atoms with Gasteiger partial charge in [0.15, 0.2) is 0 Å². The average molecular weight is 280 g/mol. The van der Waals surface area contributed by atoms with E-state index in [1.807, 2.05) is 6.92 Å². The van der Waals surface area contributed by atoms with Crippen molar-refractivity contribution >= 4 is 22.4 Å². The quantitative estimate of drug-likeness (QED) is 0.904. The van der Waals surface area contributed by atoms with Gasteiger partial charge in [-0.05, 0) is 55.2 Å². The highest BCUT2D eigenvalue weighted by Gasteiger charge is 2.26. The van der Waals surface area contributed by atoms with Gasteiger partial charge < -0.3 is 10.6 Å². The second-order valence-corrected chi connectivity index (χ2v) is 6.26. The van der Waals surface area contributed by atoms with Crippen LogP contribution < -0.4 is 10.6 Å². The Bertz CT molecular complexity index is 708. The normalized spacial score (nSPS) is 17.8. The first-order chi connectivity index (χ1) is 10.2. The molecule has 0 spiro atoms. The third-order valence-electron chi connectivity index (χ3n) is 4.57. The number of carbonyl (C=O) groups excluding carboxylic acids is 1. The Morgan fingerprint density at radius 3 is 2.67 bits per heavy atom. The number of rotatable bonds is 4. The Hall–Kier alpha value is -2.03. The van der Waals surface area contributed by atoms with Gasteiger partial charge in [0.2, 0.25) is 5.91 Å². The molecule has 21 heavy (non-hydrogen) atoms. The van der Waals surface area contributed by atoms with Crippen molar-refractivity contribution in [2.24, 2.45) is 0 Å². The van der Waals surface area contributed by atoms with Crippen molar-refractivity contribution in [2.45, 2.75) is 44.7 Å². The molecule has 3 nitrogen and oxygen atoms in total. The highest BCUT2D eigenvalue weighted by Crippen LogP contribution is 2.35. The van der Waals surface area contributed by atoms with Crippen LogP contribution in [0.1, 0.15) is 30.9 Å². The zero-order valence-electron chi connectivity index (χ0n) is 12.3. The summed E-state index contributed by atoms with van der Waals surface area (Å²) >= 11 is 0. The van der Waals surface area contributed by atoms with E-state index in [0.29, 0.717) is 6.04 Å². The molecule has 0 aromatic heterocycles. The van der Waals surface area contributed by atoms with Crippen LogP contribution in [0.25, 0.3) is 10.8 Å². The van der Waals surface area contributed by atoms with Gasteiger partial charge in [0.1, 0.15) is 6.04 Å². The van der Waals surface area contributed by atoms with Crippen LogP contribution in [-0.2, 0) is 17.6 Å². The number of anilines is 1. The molecule has 0 heterocycles. The minimum Gasteiger partial charge on any atom is -0.373 e. The van der Waals surface area contributed by atoms with Crippen molar-refractivity contribution in [1.82, 2.24) is 5.32 Å². The number of aryl methyl sites for hydroxylation is 2. The molecular formula is C18H20N2O. The van der Waals surface area contributed by atoms with Crippen molar-refractivity contribution < 1.29 is 4.79 Å². The lowest BCUT2D eigenvalue weighted by Crippen LogP contribution is -2.38. The Morgan fingerprint density at radius 1 is 1.14 bits per heavy atom. The van der Waals surface area contributed by atoms with Crippen LogP contribution in [0.15, 0.2) is 30.3 Å². The van der Waals surface area contributed by atoms with Crippen molar-refractivity contribution in [3.63, 3.8) is 0 Å². The number of nitrogens with one attached hydrogen (secondary N) is 2. The molecule has 1 atom stereocenters. The summed E-state index contributed by atoms with van der Waals surface area (Å²) < 4.78 is 0. The molecule has 108 valence electrons. The number of hydrogen-bond acceptors (Lipinski definition) is 2. The molecule has 0 bridgehead atoms. The van der Waals surface area contributed by atoms with Gasteiger partial charge in [0.25, 0.3) is 0 Å². The Morgan fingerprint density at radius 2 is 1.90 bits per heavy atom. The molecule has 1 saturated carbocycles. The first kappa shape index (κ1) is 12.7. The Balaban J connectivity index is 1.63. The molecule has 1 fully saturated rings. The summed E-state index contributed by atoms with van der Waals surface area (Å²) in [5.41, 5.74) is 3.93. The van der Waals surface area contributed by atoms with Gasteiger partial charge in [-0.2, -0.15) is 0 Å². The van der Waals surface area contributed by atoms with Crippen molar-refractivity contribution in [1.29, 1.82) is 0 Å². The van der Waals surface area contributed by atoms with Crippen LogP contribution in [0.2, 0.25) is 0 Å². The number of amides is 1. The van der Waals surface area contributed by atoms with Gasteiger partial charge in [-0.3, -0.25) is 4.79 Å². The molecule has 2 aliphatic carbocycles. The minimum absolute atomic E-state index is 0.0979. The summed E-state index contributed by atoms with van der Waals surface area (Å²) in [6.45, 7) is 1.93. The van der Waals surface area contributed by atoms with E-state index in [1.54, 1.807) is 0 Å². The van der Waals surface area contributed by atoms with E-state index in [1.165, 1.54) is 21.9 Å². The summed E-state index contributed by atoms with van der Waals surface area (Å²) in [6.07, 6.45) is 4.51. The molecule has 2 N–H and O–H groups in total. The smallest absolute Gasteiger partial charge is 0.242 e. The Kier molecular flexibility index (Phi) is 2.88. The predicted octanol–water partition coefficient (Wildman–Crippen LogP) is 3.02. The van der Waals surface area contributed by atoms with Gasteiger partial charge in [-0.25, -0.2) is 0 Å². The highest BCUT2D eigenvalue weighted by molar-refractivity contribution is 6.00. The topological polar surface area (TPSA) is 41.1 Å². The van der Waals surface area contributed by atoms with Gasteiger partial charge in [0, 0.05) is 17.1 Å². The van der Waals surface area contributed by atoms with Crippen molar-refractivity contribution in [2.75, 3.05) is 5.32 Å². The molecule has 3 heteroatoms. The lowest BCUT2D eigenvalue weighted by atomic mass is 10.0. The van der Waals surface area contributed by atoms with E-state index in [2.05, 4.69) is 41.0 Å². The van der Waals surface area contributed by atoms with Gasteiger partial charge >= 0.3 is 0 Å². The maximum absolute atomic E-state index is 12.1. The lowest BCUT2D eigenvalue weighted by molar-refractivity contribution is -0.121. The fourth-order valence-electron chi connectivity index (χ4n) is 3.23. The van der Waals surface area contributed by atoms with Gasteiger partial charge in [0.05, 0.1) is 0 Å². The first-order valence-corrected chi connectivity index (χ1v) is 7.83. The van der Waals surface area contributed by atoms with Gasteiger partial charge in [-0.15, -0.1) is 0 Å². The zero-order chi connectivity index (χ0) is 14.4. The van der Waals surface area contributed by atoms with Crippen LogP contribution >= 0.6 is 0 Å². The number of carbonyl (C=O) groups is 1. The van der Waals surface area contributed by atoms with E-state index in [0.717, 1.165) is 31.4 Å². The maximum atomic E-state index is 12.1. The fraction of sp³-hybridized carbons (Fsp3) is 0.389. The monoisotopic (exact) mass is 280 g/mol. The third-order valence-corrected chi connectivity index (χ3v) is 4.57. The zero-order valence-corrected chi connectivity index (χ0v) is 12.3. The molecule has 2 aromatic carbocycles. The second kappa shape index (κ2) is 4.76. The predicted molar refractivity (Wildman–Crippen MR) is 85.6 cm³/mol. The number of benzene rings is 2. The molecule has 0 saturated heterocycles. The average Bonchev–Trinajstić information content (AvgIpc) is 3.21. The summed E-state index contributed by atoms with van der Waals surface area (Å²) in [7, 11) is 0. The number of hydrogen-bond donors (Lipinski definition) is 2. The van der Waals surface area contributed by atoms with Crippen molar-refractivity contribution in [3.8, 4) is 0 Å². The summed E-state index contributed by atoms with van der Waals surface area (Å²) in [4.78, 5) is 12.1. The van der Waals surface area contributed by atoms with E-state index in [9.17, 15) is 4.79 Å². The van der Waals surface area contributed by atoms with Crippen molar-refractivity contribution in [3.05, 3.63) is 41.5 Å². The van der Waals surface area contributed by atoms with E-state index < -0.39 is 0 Å². The summed E-state index contributed by atoms with van der Waals surface area (Å²) in [5.74, 6) is 0.0979. The van der Waals surface area contributed by atoms with Crippen LogP contribution in [0.5, 0.6) is 0 Å². The van der Waals surface area contributed by atoms with Gasteiger partial charge in [-0.1, -0.05) is 24.3 Å². The van der Waals surface area contributed by atoms with Crippen LogP contribution in [-0.4, -0.2) is 18.0 Å². The SMILES string of the molecule is C[C@@H](Nc1ccc2c3c(cccc13)CC2)C(=O)NC1CC1. The Labute approximate surface area is 124 Å². The fourth-order valence-corrected chi connectivity index (χ4v) is 3.23. The largest absolute Gasteiger partial charge is 0.373 e. The van der Waals surface area contributed by atoms with Crippen LogP contribution in [0.4, 0.5) is 5.69 Å². The molecule has 0 unspecified atom stereocenters. The second-order valence-electron chi connectivity index (χ2n) is 6.26. The van der Waals surface area contributed by atoms with E-state index in [4.69, 9.17) is 0 Å². The molecule has 2 aromatic rings. The minimum atomic E-state index is -0.205. The third kappa shape index (κ3) is 2.27. The molecule has 1 amide bonds. The lowest BCUT2D eigenvalue weighted by Gasteiger charge is -2.17. The van der Waals surface area contributed by atoms with Crippen LogP contribution in [0, 0.1) is 0 Å². The molecule has 4 rings (SSSR count). The summed E-state index contributed by atoms with van der Waals surface area (Å²) in [6, 6.07) is 11.0. The molecule has 0 aliphatic heterocycles. The summed E-state index contributed by atoms with van der Waals surface area (Å²) in [5, 5.41) is 9.07. The maximum Gasteiger partial charge on any atom is 0.242 e. The standard InChI is InChI=1S/C18H20N2O/c1-11(18(21)20-14-8-9-14)19-16-10-7-13-6-5-12-3-2-4-15(16)17(12)13/h2-4,7,10-11,14,19H,5-6,8-9H2,1H3,(H,20,21)/t11-/m1/s1. The first-order valence-electron chi connectivity index (χ1n) is 7.83. The highest BCUT2D eigenvalue weighted by atomic mass is 16.2.